The third kappa shape index (κ3) is 2.78. The van der Waals surface area contributed by atoms with Gasteiger partial charge in [-0.25, -0.2) is 9.78 Å². The molecule has 0 aliphatic rings. The molecule has 0 radical (unpaired) electrons. The highest BCUT2D eigenvalue weighted by Gasteiger charge is 2.10. The molecule has 4 rings (SSSR count). The van der Waals surface area contributed by atoms with Gasteiger partial charge in [0.15, 0.2) is 5.65 Å². The Morgan fingerprint density at radius 1 is 0.920 bits per heavy atom. The van der Waals surface area contributed by atoms with E-state index in [0.29, 0.717) is 15.9 Å². The first-order valence-corrected chi connectivity index (χ1v) is 7.57. The number of hydrogen-bond acceptors (Lipinski definition) is 6. The Hall–Kier alpha value is -3.74. The van der Waals surface area contributed by atoms with E-state index in [9.17, 15) is 10.0 Å². The molecule has 2 N–H and O–H groups in total. The van der Waals surface area contributed by atoms with Crippen molar-refractivity contribution in [1.29, 1.82) is 0 Å². The minimum absolute atomic E-state index is 0.151. The number of hydrogen-bond donors (Lipinski definition) is 2. The molecule has 25 heavy (non-hydrogen) atoms. The maximum atomic E-state index is 11.8. The zero-order chi connectivity index (χ0) is 17.2. The Labute approximate surface area is 142 Å². The van der Waals surface area contributed by atoms with E-state index in [4.69, 9.17) is 0 Å². The number of anilines is 2. The summed E-state index contributed by atoms with van der Waals surface area (Å²) in [5, 5.41) is 13.4. The van der Waals surface area contributed by atoms with Gasteiger partial charge in [0, 0.05) is 24.3 Å². The van der Waals surface area contributed by atoms with Gasteiger partial charge in [-0.2, -0.15) is 4.98 Å². The van der Waals surface area contributed by atoms with Crippen molar-refractivity contribution in [3.05, 3.63) is 77.6 Å². The predicted octanol–water partition coefficient (Wildman–Crippen LogP) is 2.83. The van der Waals surface area contributed by atoms with Crippen LogP contribution < -0.4 is 11.0 Å². The van der Waals surface area contributed by atoms with Crippen molar-refractivity contribution in [3.8, 4) is 11.1 Å². The second kappa shape index (κ2) is 6.04. The van der Waals surface area contributed by atoms with Crippen LogP contribution in [0.4, 0.5) is 11.5 Å². The molecule has 0 atom stereocenters. The maximum absolute atomic E-state index is 11.8. The van der Waals surface area contributed by atoms with Crippen LogP contribution in [0.1, 0.15) is 0 Å². The highest BCUT2D eigenvalue weighted by atomic mass is 16.5. The summed E-state index contributed by atoms with van der Waals surface area (Å²) in [5.74, 6) is 0.343. The number of aromatic nitrogens is 4. The Morgan fingerprint density at radius 3 is 2.40 bits per heavy atom. The smallest absolute Gasteiger partial charge is 0.384 e. The molecule has 0 bridgehead atoms. The van der Waals surface area contributed by atoms with Crippen molar-refractivity contribution in [2.75, 3.05) is 5.32 Å². The molecular weight excluding hydrogens is 318 g/mol. The Morgan fingerprint density at radius 2 is 1.64 bits per heavy atom. The highest BCUT2D eigenvalue weighted by Crippen LogP contribution is 2.24. The lowest BCUT2D eigenvalue weighted by Gasteiger charge is -2.10. The zero-order valence-electron chi connectivity index (χ0n) is 13.0. The van der Waals surface area contributed by atoms with E-state index >= 15 is 0 Å². The summed E-state index contributed by atoms with van der Waals surface area (Å²) < 4.78 is 0.438. The van der Waals surface area contributed by atoms with Gasteiger partial charge in [0.05, 0.1) is 5.39 Å². The first-order valence-electron chi connectivity index (χ1n) is 7.57. The highest BCUT2D eigenvalue weighted by molar-refractivity contribution is 5.88. The lowest BCUT2D eigenvalue weighted by molar-refractivity contribution is 0.182. The van der Waals surface area contributed by atoms with Gasteiger partial charge in [-0.3, -0.25) is 4.98 Å². The molecular formula is C18H13N5O2. The van der Waals surface area contributed by atoms with E-state index in [1.165, 1.54) is 6.20 Å². The number of pyridine rings is 2. The van der Waals surface area contributed by atoms with E-state index < -0.39 is 5.69 Å². The summed E-state index contributed by atoms with van der Waals surface area (Å²) >= 11 is 0. The molecule has 0 amide bonds. The molecule has 3 heterocycles. The fraction of sp³-hybridized carbons (Fsp3) is 0. The second-order valence-electron chi connectivity index (χ2n) is 5.37. The molecule has 0 spiro atoms. The van der Waals surface area contributed by atoms with E-state index in [1.807, 2.05) is 36.4 Å². The molecule has 0 saturated carbocycles. The number of fused-ring (bicyclic) bond motifs is 1. The summed E-state index contributed by atoms with van der Waals surface area (Å²) in [5.41, 5.74) is 2.25. The van der Waals surface area contributed by atoms with Crippen LogP contribution in [0.2, 0.25) is 0 Å². The van der Waals surface area contributed by atoms with E-state index in [1.54, 1.807) is 24.5 Å². The third-order valence-corrected chi connectivity index (χ3v) is 3.79. The SMILES string of the molecule is O=c1nc(Nc2ccc(-c3ccncc3)cc2)c2cccnc2n1O. The number of benzene rings is 1. The fourth-order valence-corrected chi connectivity index (χ4v) is 2.57. The average molecular weight is 331 g/mol. The molecule has 122 valence electrons. The lowest BCUT2D eigenvalue weighted by atomic mass is 10.1. The number of nitrogens with one attached hydrogen (secondary N) is 1. The summed E-state index contributed by atoms with van der Waals surface area (Å²) in [4.78, 5) is 23.7. The van der Waals surface area contributed by atoms with Crippen molar-refractivity contribution in [2.45, 2.75) is 0 Å². The maximum Gasteiger partial charge on any atom is 0.384 e. The van der Waals surface area contributed by atoms with Crippen molar-refractivity contribution < 1.29 is 5.21 Å². The first kappa shape index (κ1) is 14.8. The van der Waals surface area contributed by atoms with Crippen LogP contribution in [0.5, 0.6) is 0 Å². The first-order chi connectivity index (χ1) is 12.2. The van der Waals surface area contributed by atoms with Gasteiger partial charge in [-0.05, 0) is 47.5 Å². The minimum atomic E-state index is -0.790. The van der Waals surface area contributed by atoms with Crippen LogP contribution in [-0.4, -0.2) is 24.9 Å². The van der Waals surface area contributed by atoms with Gasteiger partial charge in [-0.1, -0.05) is 12.1 Å². The summed E-state index contributed by atoms with van der Waals surface area (Å²) in [6.45, 7) is 0. The molecule has 7 heteroatoms. The molecule has 0 unspecified atom stereocenters. The largest absolute Gasteiger partial charge is 0.422 e. The summed E-state index contributed by atoms with van der Waals surface area (Å²) in [6.07, 6.45) is 4.99. The average Bonchev–Trinajstić information content (AvgIpc) is 2.67. The second-order valence-corrected chi connectivity index (χ2v) is 5.37. The van der Waals surface area contributed by atoms with Crippen LogP contribution in [-0.2, 0) is 0 Å². The summed E-state index contributed by atoms with van der Waals surface area (Å²) in [6, 6.07) is 15.0. The van der Waals surface area contributed by atoms with Gasteiger partial charge in [-0.15, -0.1) is 4.73 Å². The topological polar surface area (TPSA) is 92.9 Å². The Kier molecular flexibility index (Phi) is 3.59. The van der Waals surface area contributed by atoms with Gasteiger partial charge < -0.3 is 10.5 Å². The third-order valence-electron chi connectivity index (χ3n) is 3.79. The van der Waals surface area contributed by atoms with E-state index in [-0.39, 0.29) is 5.65 Å². The number of rotatable bonds is 3. The van der Waals surface area contributed by atoms with Gasteiger partial charge in [0.2, 0.25) is 0 Å². The Bertz CT molecular complexity index is 1090. The van der Waals surface area contributed by atoms with Gasteiger partial charge in [0.1, 0.15) is 5.82 Å². The Balaban J connectivity index is 1.70. The van der Waals surface area contributed by atoms with Crippen LogP contribution in [0.25, 0.3) is 22.2 Å². The van der Waals surface area contributed by atoms with Crippen molar-refractivity contribution in [3.63, 3.8) is 0 Å². The normalized spacial score (nSPS) is 10.7. The quantitative estimate of drug-likeness (QED) is 0.561. The van der Waals surface area contributed by atoms with Gasteiger partial charge in [0.25, 0.3) is 0 Å². The van der Waals surface area contributed by atoms with Crippen molar-refractivity contribution >= 4 is 22.5 Å². The standard InChI is InChI=1S/C18H13N5O2/c24-18-22-16(15-2-1-9-20-17(15)23(18)25)21-14-5-3-12(4-6-14)13-7-10-19-11-8-13/h1-11,25H,(H,21,22,24). The molecule has 0 aliphatic carbocycles. The van der Waals surface area contributed by atoms with Crippen LogP contribution in [0, 0.1) is 0 Å². The van der Waals surface area contributed by atoms with E-state index in [2.05, 4.69) is 20.3 Å². The van der Waals surface area contributed by atoms with Crippen LogP contribution in [0.15, 0.2) is 71.9 Å². The molecule has 7 nitrogen and oxygen atoms in total. The molecule has 3 aromatic heterocycles. The van der Waals surface area contributed by atoms with Crippen molar-refractivity contribution in [1.82, 2.24) is 19.7 Å². The monoisotopic (exact) mass is 331 g/mol. The fourth-order valence-electron chi connectivity index (χ4n) is 2.57. The van der Waals surface area contributed by atoms with Crippen LogP contribution >= 0.6 is 0 Å². The van der Waals surface area contributed by atoms with E-state index in [0.717, 1.165) is 16.8 Å². The predicted molar refractivity (Wildman–Crippen MR) is 93.9 cm³/mol. The zero-order valence-corrected chi connectivity index (χ0v) is 13.0. The minimum Gasteiger partial charge on any atom is -0.422 e. The molecule has 0 fully saturated rings. The van der Waals surface area contributed by atoms with Crippen molar-refractivity contribution in [2.24, 2.45) is 0 Å². The van der Waals surface area contributed by atoms with Gasteiger partial charge >= 0.3 is 5.69 Å². The molecule has 4 aromatic rings. The summed E-state index contributed by atoms with van der Waals surface area (Å²) in [7, 11) is 0. The lowest BCUT2D eigenvalue weighted by Crippen LogP contribution is -2.23. The molecule has 0 saturated heterocycles. The van der Waals surface area contributed by atoms with Crippen LogP contribution in [0.3, 0.4) is 0 Å². The molecule has 1 aromatic carbocycles. The number of nitrogens with zero attached hydrogens (tertiary/aromatic N) is 4. The molecule has 0 aliphatic heterocycles.